The maximum Gasteiger partial charge on any atom is 0.341 e. The first-order valence-corrected chi connectivity index (χ1v) is 8.61. The van der Waals surface area contributed by atoms with Gasteiger partial charge < -0.3 is 9.47 Å². The van der Waals surface area contributed by atoms with Crippen LogP contribution in [0.5, 0.6) is 0 Å². The topological polar surface area (TPSA) is 69.7 Å². The van der Waals surface area contributed by atoms with Crippen molar-refractivity contribution in [3.63, 3.8) is 0 Å². The largest absolute Gasteiger partial charge is 0.456 e. The van der Waals surface area contributed by atoms with E-state index >= 15 is 0 Å². The molecule has 2 rings (SSSR count). The van der Waals surface area contributed by atoms with Crippen LogP contribution in [0.1, 0.15) is 16.8 Å². The molecule has 0 spiro atoms. The Morgan fingerprint density at radius 2 is 2.20 bits per heavy atom. The van der Waals surface area contributed by atoms with E-state index in [1.807, 2.05) is 0 Å². The Morgan fingerprint density at radius 1 is 1.50 bits per heavy atom. The predicted molar refractivity (Wildman–Crippen MR) is 71.8 cm³/mol. The van der Waals surface area contributed by atoms with Crippen molar-refractivity contribution >= 4 is 41.6 Å². The molecule has 0 saturated carbocycles. The molecule has 0 radical (unpaired) electrons. The maximum absolute atomic E-state index is 13.7. The standard InChI is InChI=1S/C11H9BrClFO5S/c12-8-4-9(14)7(3-10(8)20(13,16)17)11(15)19-6-1-2-18-5-6/h3-4,6H,1-2,5H2. The van der Waals surface area contributed by atoms with E-state index in [9.17, 15) is 17.6 Å². The number of hydrogen-bond donors (Lipinski definition) is 0. The fourth-order valence-corrected chi connectivity index (χ4v) is 3.86. The molecule has 5 nitrogen and oxygen atoms in total. The highest BCUT2D eigenvalue weighted by Gasteiger charge is 2.25. The van der Waals surface area contributed by atoms with Crippen molar-refractivity contribution in [2.24, 2.45) is 0 Å². The molecule has 1 atom stereocenters. The Balaban J connectivity index is 2.33. The minimum absolute atomic E-state index is 0.0641. The molecule has 1 saturated heterocycles. The summed E-state index contributed by atoms with van der Waals surface area (Å²) in [7, 11) is 1.10. The van der Waals surface area contributed by atoms with Crippen LogP contribution in [-0.4, -0.2) is 33.7 Å². The normalized spacial score (nSPS) is 19.1. The maximum atomic E-state index is 13.7. The van der Waals surface area contributed by atoms with Crippen LogP contribution in [0.25, 0.3) is 0 Å². The second-order valence-electron chi connectivity index (χ2n) is 4.09. The van der Waals surface area contributed by atoms with E-state index in [0.29, 0.717) is 13.0 Å². The molecule has 0 N–H and O–H groups in total. The van der Waals surface area contributed by atoms with Gasteiger partial charge in [-0.1, -0.05) is 0 Å². The van der Waals surface area contributed by atoms with Gasteiger partial charge >= 0.3 is 5.97 Å². The molecule has 9 heteroatoms. The lowest BCUT2D eigenvalue weighted by molar-refractivity contribution is 0.0265. The van der Waals surface area contributed by atoms with E-state index in [-0.39, 0.29) is 11.1 Å². The zero-order valence-electron chi connectivity index (χ0n) is 9.94. The van der Waals surface area contributed by atoms with Crippen molar-refractivity contribution in [2.75, 3.05) is 13.2 Å². The highest BCUT2D eigenvalue weighted by molar-refractivity contribution is 9.10. The first kappa shape index (κ1) is 15.7. The van der Waals surface area contributed by atoms with Gasteiger partial charge in [0.05, 0.1) is 23.7 Å². The van der Waals surface area contributed by atoms with Crippen molar-refractivity contribution < 1.29 is 27.1 Å². The van der Waals surface area contributed by atoms with Crippen LogP contribution < -0.4 is 0 Å². The molecule has 1 fully saturated rings. The molecule has 0 amide bonds. The third-order valence-corrected chi connectivity index (χ3v) is 4.95. The minimum Gasteiger partial charge on any atom is -0.456 e. The van der Waals surface area contributed by atoms with Crippen LogP contribution in [0.3, 0.4) is 0 Å². The number of halogens is 3. The van der Waals surface area contributed by atoms with Crippen LogP contribution in [0.4, 0.5) is 4.39 Å². The Morgan fingerprint density at radius 3 is 2.75 bits per heavy atom. The Bertz CT molecular complexity index is 642. The molecule has 1 aliphatic heterocycles. The van der Waals surface area contributed by atoms with E-state index < -0.39 is 37.4 Å². The molecule has 20 heavy (non-hydrogen) atoms. The Labute approximate surface area is 127 Å². The number of carbonyl (C=O) groups is 1. The van der Waals surface area contributed by atoms with Gasteiger partial charge in [0, 0.05) is 21.6 Å². The zero-order chi connectivity index (χ0) is 14.9. The summed E-state index contributed by atoms with van der Waals surface area (Å²) in [6.07, 6.45) is 0.0616. The quantitative estimate of drug-likeness (QED) is 0.589. The van der Waals surface area contributed by atoms with Gasteiger partial charge in [-0.15, -0.1) is 0 Å². The Hall–Kier alpha value is -0.700. The number of benzene rings is 1. The van der Waals surface area contributed by atoms with Crippen LogP contribution in [0.2, 0.25) is 0 Å². The molecule has 1 aliphatic rings. The summed E-state index contributed by atoms with van der Waals surface area (Å²) in [6.45, 7) is 0.701. The molecule has 1 heterocycles. The molecule has 110 valence electrons. The van der Waals surface area contributed by atoms with Crippen molar-refractivity contribution in [3.8, 4) is 0 Å². The molecule has 0 aromatic heterocycles. The summed E-state index contributed by atoms with van der Waals surface area (Å²) >= 11 is 2.88. The molecule has 1 aromatic carbocycles. The average molecular weight is 388 g/mol. The predicted octanol–water partition coefficient (Wildman–Crippen LogP) is 2.46. The lowest BCUT2D eigenvalue weighted by atomic mass is 10.2. The van der Waals surface area contributed by atoms with E-state index in [4.69, 9.17) is 20.2 Å². The molecule has 0 aliphatic carbocycles. The van der Waals surface area contributed by atoms with Crippen LogP contribution in [0, 0.1) is 5.82 Å². The third-order valence-electron chi connectivity index (χ3n) is 2.67. The van der Waals surface area contributed by atoms with Crippen LogP contribution in [0.15, 0.2) is 21.5 Å². The summed E-state index contributed by atoms with van der Waals surface area (Å²) in [6, 6.07) is 1.71. The average Bonchev–Trinajstić information content (AvgIpc) is 2.79. The van der Waals surface area contributed by atoms with Crippen LogP contribution in [-0.2, 0) is 18.5 Å². The summed E-state index contributed by atoms with van der Waals surface area (Å²) < 4.78 is 46.4. The lowest BCUT2D eigenvalue weighted by Gasteiger charge is -2.11. The highest BCUT2D eigenvalue weighted by atomic mass is 79.9. The number of rotatable bonds is 3. The number of hydrogen-bond acceptors (Lipinski definition) is 5. The third kappa shape index (κ3) is 3.49. The lowest BCUT2D eigenvalue weighted by Crippen LogP contribution is -2.19. The summed E-state index contributed by atoms with van der Waals surface area (Å²) in [5, 5.41) is 0. The van der Waals surface area contributed by atoms with Gasteiger partial charge in [0.2, 0.25) is 0 Å². The van der Waals surface area contributed by atoms with Gasteiger partial charge in [0.1, 0.15) is 11.9 Å². The summed E-state index contributed by atoms with van der Waals surface area (Å²) in [5.41, 5.74) is -0.487. The number of ether oxygens (including phenoxy) is 2. The van der Waals surface area contributed by atoms with Gasteiger partial charge in [0.15, 0.2) is 0 Å². The smallest absolute Gasteiger partial charge is 0.341 e. The number of esters is 1. The minimum atomic E-state index is -4.11. The first-order valence-electron chi connectivity index (χ1n) is 5.51. The number of carbonyl (C=O) groups excluding carboxylic acids is 1. The van der Waals surface area contributed by atoms with E-state index in [1.54, 1.807) is 0 Å². The fraction of sp³-hybridized carbons (Fsp3) is 0.364. The summed E-state index contributed by atoms with van der Waals surface area (Å²) in [4.78, 5) is 11.4. The van der Waals surface area contributed by atoms with E-state index in [2.05, 4.69) is 15.9 Å². The fourth-order valence-electron chi connectivity index (χ4n) is 1.69. The molecule has 1 unspecified atom stereocenters. The van der Waals surface area contributed by atoms with Crippen molar-refractivity contribution in [3.05, 3.63) is 28.0 Å². The van der Waals surface area contributed by atoms with E-state index in [0.717, 1.165) is 12.1 Å². The zero-order valence-corrected chi connectivity index (χ0v) is 13.1. The van der Waals surface area contributed by atoms with Crippen molar-refractivity contribution in [2.45, 2.75) is 17.4 Å². The van der Waals surface area contributed by atoms with Crippen LogP contribution >= 0.6 is 26.6 Å². The summed E-state index contributed by atoms with van der Waals surface area (Å²) in [5.74, 6) is -1.85. The SMILES string of the molecule is O=C(OC1CCOC1)c1cc(S(=O)(=O)Cl)c(Br)cc1F. The van der Waals surface area contributed by atoms with Crippen molar-refractivity contribution in [1.29, 1.82) is 0 Å². The Kier molecular flexibility index (Phi) is 4.68. The van der Waals surface area contributed by atoms with Gasteiger partial charge in [-0.05, 0) is 28.1 Å². The molecule has 1 aromatic rings. The van der Waals surface area contributed by atoms with E-state index in [1.165, 1.54) is 0 Å². The first-order chi connectivity index (χ1) is 9.29. The second-order valence-corrected chi connectivity index (χ2v) is 7.48. The highest BCUT2D eigenvalue weighted by Crippen LogP contribution is 2.28. The second kappa shape index (κ2) is 5.97. The molecular weight excluding hydrogens is 379 g/mol. The van der Waals surface area contributed by atoms with Gasteiger partial charge in [0.25, 0.3) is 9.05 Å². The van der Waals surface area contributed by atoms with Crippen molar-refractivity contribution in [1.82, 2.24) is 0 Å². The van der Waals surface area contributed by atoms with Gasteiger partial charge in [-0.25, -0.2) is 17.6 Å². The molecular formula is C11H9BrClFO5S. The van der Waals surface area contributed by atoms with Gasteiger partial charge in [-0.2, -0.15) is 0 Å². The van der Waals surface area contributed by atoms with Gasteiger partial charge in [-0.3, -0.25) is 0 Å². The molecule has 0 bridgehead atoms. The monoisotopic (exact) mass is 386 g/mol.